The maximum Gasteiger partial charge on any atom is 0.263 e. The summed E-state index contributed by atoms with van der Waals surface area (Å²) in [6, 6.07) is 16.8. The molecule has 2 aromatic carbocycles. The molecule has 32 heavy (non-hydrogen) atoms. The Labute approximate surface area is 192 Å². The van der Waals surface area contributed by atoms with Crippen LogP contribution in [0.2, 0.25) is 0 Å². The molecule has 0 fully saturated rings. The van der Waals surface area contributed by atoms with Crippen molar-refractivity contribution in [3.8, 4) is 11.1 Å². The molecule has 2 heterocycles. The van der Waals surface area contributed by atoms with Crippen molar-refractivity contribution >= 4 is 38.0 Å². The van der Waals surface area contributed by atoms with E-state index in [1.165, 1.54) is 11.3 Å². The van der Waals surface area contributed by atoms with E-state index in [-0.39, 0.29) is 10.4 Å². The molecule has 166 valence electrons. The van der Waals surface area contributed by atoms with Crippen molar-refractivity contribution in [3.63, 3.8) is 0 Å². The second-order valence-corrected chi connectivity index (χ2v) is 10.9. The molecule has 2 N–H and O–H groups in total. The van der Waals surface area contributed by atoms with Gasteiger partial charge >= 0.3 is 0 Å². The van der Waals surface area contributed by atoms with Gasteiger partial charge in [-0.3, -0.25) is 4.72 Å². The number of nitrogens with zero attached hydrogens (tertiary/aromatic N) is 3. The van der Waals surface area contributed by atoms with Gasteiger partial charge in [-0.1, -0.05) is 30.3 Å². The van der Waals surface area contributed by atoms with E-state index in [1.807, 2.05) is 29.8 Å². The minimum absolute atomic E-state index is 0.169. The number of sulfonamides is 1. The van der Waals surface area contributed by atoms with Crippen molar-refractivity contribution in [1.29, 1.82) is 0 Å². The summed E-state index contributed by atoms with van der Waals surface area (Å²) >= 11 is 1.23. The number of thiazole rings is 1. The number of aryl methyl sites for hydroxylation is 1. The Morgan fingerprint density at radius 3 is 2.28 bits per heavy atom. The van der Waals surface area contributed by atoms with Crippen LogP contribution in [0.3, 0.4) is 0 Å². The summed E-state index contributed by atoms with van der Waals surface area (Å²) < 4.78 is 29.7. The minimum atomic E-state index is -3.70. The van der Waals surface area contributed by atoms with Crippen molar-refractivity contribution in [2.24, 2.45) is 0 Å². The third-order valence-corrected chi connectivity index (χ3v) is 7.01. The molecule has 0 atom stereocenters. The summed E-state index contributed by atoms with van der Waals surface area (Å²) in [6.45, 7) is 8.29. The van der Waals surface area contributed by atoms with E-state index in [2.05, 4.69) is 47.9 Å². The first-order valence-corrected chi connectivity index (χ1v) is 12.5. The Hall–Kier alpha value is -3.17. The molecule has 0 aliphatic heterocycles. The zero-order valence-electron chi connectivity index (χ0n) is 18.3. The van der Waals surface area contributed by atoms with Crippen LogP contribution < -0.4 is 10.0 Å². The first kappa shape index (κ1) is 22.0. The van der Waals surface area contributed by atoms with E-state index in [1.54, 1.807) is 35.8 Å². The van der Waals surface area contributed by atoms with Gasteiger partial charge in [0.25, 0.3) is 10.0 Å². The Morgan fingerprint density at radius 1 is 1.00 bits per heavy atom. The average Bonchev–Trinajstić information content (AvgIpc) is 3.36. The number of anilines is 3. The van der Waals surface area contributed by atoms with Gasteiger partial charge in [0.1, 0.15) is 5.82 Å². The van der Waals surface area contributed by atoms with E-state index in [9.17, 15) is 8.42 Å². The Balaban J connectivity index is 1.68. The highest BCUT2D eigenvalue weighted by Gasteiger charge is 2.25. The molecular formula is C23H25N5O2S2. The molecule has 2 aromatic heterocycles. The largest absolute Gasteiger partial charge is 0.340 e. The number of benzene rings is 2. The molecule has 0 aliphatic carbocycles. The molecule has 0 aliphatic rings. The second-order valence-electron chi connectivity index (χ2n) is 8.35. The molecule has 0 unspecified atom stereocenters. The van der Waals surface area contributed by atoms with Crippen LogP contribution in [0.25, 0.3) is 11.1 Å². The van der Waals surface area contributed by atoms with Gasteiger partial charge < -0.3 is 5.32 Å². The SMILES string of the molecule is Cc1nn(C(C)(C)C)c(Nc2ccc(S(=O)(=O)Nc3nccs3)cc2)c1-c1ccccc1. The molecule has 0 saturated heterocycles. The minimum Gasteiger partial charge on any atom is -0.340 e. The molecule has 9 heteroatoms. The lowest BCUT2D eigenvalue weighted by Gasteiger charge is -2.23. The predicted octanol–water partition coefficient (Wildman–Crippen LogP) is 5.61. The number of rotatable bonds is 6. The van der Waals surface area contributed by atoms with Gasteiger partial charge in [0.2, 0.25) is 0 Å². The fourth-order valence-corrected chi connectivity index (χ4v) is 5.17. The normalized spacial score (nSPS) is 12.0. The highest BCUT2D eigenvalue weighted by atomic mass is 32.2. The third-order valence-electron chi connectivity index (χ3n) is 4.84. The van der Waals surface area contributed by atoms with Crippen molar-refractivity contribution < 1.29 is 8.42 Å². The first-order valence-electron chi connectivity index (χ1n) is 10.1. The maximum absolute atomic E-state index is 12.6. The van der Waals surface area contributed by atoms with E-state index in [0.717, 1.165) is 28.3 Å². The zero-order valence-corrected chi connectivity index (χ0v) is 20.0. The van der Waals surface area contributed by atoms with Crippen LogP contribution in [-0.4, -0.2) is 23.2 Å². The van der Waals surface area contributed by atoms with Crippen LogP contribution in [-0.2, 0) is 15.6 Å². The lowest BCUT2D eigenvalue weighted by atomic mass is 10.0. The molecule has 0 radical (unpaired) electrons. The summed E-state index contributed by atoms with van der Waals surface area (Å²) in [5, 5.41) is 10.3. The lowest BCUT2D eigenvalue weighted by Crippen LogP contribution is -2.24. The first-order chi connectivity index (χ1) is 15.1. The quantitative estimate of drug-likeness (QED) is 0.384. The molecule has 4 aromatic rings. The molecular weight excluding hydrogens is 442 g/mol. The molecule has 7 nitrogen and oxygen atoms in total. The van der Waals surface area contributed by atoms with Crippen LogP contribution in [0.1, 0.15) is 26.5 Å². The topological polar surface area (TPSA) is 88.9 Å². The maximum atomic E-state index is 12.6. The molecule has 4 rings (SSSR count). The van der Waals surface area contributed by atoms with Crippen molar-refractivity contribution in [2.45, 2.75) is 38.1 Å². The van der Waals surface area contributed by atoms with Crippen LogP contribution in [0.4, 0.5) is 16.6 Å². The van der Waals surface area contributed by atoms with Gasteiger partial charge in [0, 0.05) is 22.8 Å². The van der Waals surface area contributed by atoms with Gasteiger partial charge in [-0.2, -0.15) is 5.10 Å². The number of hydrogen-bond donors (Lipinski definition) is 2. The standard InChI is InChI=1S/C23H25N5O2S2/c1-16-20(17-8-6-5-7-9-17)21(28(26-16)23(2,3)4)25-18-10-12-19(13-11-18)32(29,30)27-22-24-14-15-31-22/h5-15,25H,1-4H3,(H,24,27). The monoisotopic (exact) mass is 467 g/mol. The second kappa shape index (κ2) is 8.40. The lowest BCUT2D eigenvalue weighted by molar-refractivity contribution is 0.359. The Bertz CT molecular complexity index is 1310. The van der Waals surface area contributed by atoms with Gasteiger partial charge in [-0.25, -0.2) is 18.1 Å². The Morgan fingerprint density at radius 2 is 1.69 bits per heavy atom. The molecule has 0 amide bonds. The fraction of sp³-hybridized carbons (Fsp3) is 0.217. The van der Waals surface area contributed by atoms with E-state index in [0.29, 0.717) is 5.13 Å². The van der Waals surface area contributed by atoms with E-state index in [4.69, 9.17) is 5.10 Å². The van der Waals surface area contributed by atoms with Crippen molar-refractivity contribution in [1.82, 2.24) is 14.8 Å². The van der Waals surface area contributed by atoms with Crippen molar-refractivity contribution in [3.05, 3.63) is 71.9 Å². The molecule has 0 spiro atoms. The molecule has 0 bridgehead atoms. The average molecular weight is 468 g/mol. The smallest absolute Gasteiger partial charge is 0.263 e. The summed E-state index contributed by atoms with van der Waals surface area (Å²) in [5.41, 5.74) is 3.51. The van der Waals surface area contributed by atoms with Crippen LogP contribution in [0, 0.1) is 6.92 Å². The van der Waals surface area contributed by atoms with Gasteiger partial charge in [0.15, 0.2) is 5.13 Å². The fourth-order valence-electron chi connectivity index (χ4n) is 3.38. The predicted molar refractivity (Wildman–Crippen MR) is 130 cm³/mol. The van der Waals surface area contributed by atoms with Crippen LogP contribution >= 0.6 is 11.3 Å². The number of hydrogen-bond acceptors (Lipinski definition) is 6. The van der Waals surface area contributed by atoms with Gasteiger partial charge in [-0.15, -0.1) is 11.3 Å². The highest BCUT2D eigenvalue weighted by molar-refractivity contribution is 7.93. The Kier molecular flexibility index (Phi) is 5.79. The van der Waals surface area contributed by atoms with Crippen LogP contribution in [0.15, 0.2) is 71.1 Å². The van der Waals surface area contributed by atoms with Crippen LogP contribution in [0.5, 0.6) is 0 Å². The number of aromatic nitrogens is 3. The van der Waals surface area contributed by atoms with Crippen molar-refractivity contribution in [2.75, 3.05) is 10.0 Å². The third kappa shape index (κ3) is 4.53. The van der Waals surface area contributed by atoms with E-state index >= 15 is 0 Å². The summed E-state index contributed by atoms with van der Waals surface area (Å²) in [7, 11) is -3.70. The molecule has 0 saturated carbocycles. The summed E-state index contributed by atoms with van der Waals surface area (Å²) in [5.74, 6) is 0.859. The zero-order chi connectivity index (χ0) is 22.9. The summed E-state index contributed by atoms with van der Waals surface area (Å²) in [4.78, 5) is 4.15. The van der Waals surface area contributed by atoms with E-state index < -0.39 is 10.0 Å². The summed E-state index contributed by atoms with van der Waals surface area (Å²) in [6.07, 6.45) is 1.56. The number of nitrogens with one attached hydrogen (secondary N) is 2. The highest BCUT2D eigenvalue weighted by Crippen LogP contribution is 2.36. The van der Waals surface area contributed by atoms with Gasteiger partial charge in [0.05, 0.1) is 16.1 Å². The van der Waals surface area contributed by atoms with Gasteiger partial charge in [-0.05, 0) is 57.5 Å².